The molecule has 1 saturated heterocycles. The summed E-state index contributed by atoms with van der Waals surface area (Å²) >= 11 is 1.07. The Morgan fingerprint density at radius 3 is 2.25 bits per heavy atom. The normalized spacial score (nSPS) is 14.0. The van der Waals surface area contributed by atoms with Crippen LogP contribution in [0, 0.1) is 26.1 Å². The van der Waals surface area contributed by atoms with Crippen LogP contribution in [0.1, 0.15) is 18.4 Å². The molecule has 5 aromatic rings. The van der Waals surface area contributed by atoms with Gasteiger partial charge in [0.05, 0.1) is 26.6 Å². The first-order valence-electron chi connectivity index (χ1n) is 15.4. The maximum Gasteiger partial charge on any atom is 0.283 e. The van der Waals surface area contributed by atoms with Crippen LogP contribution in [0.2, 0.25) is 0 Å². The number of non-ortho nitro benzene ring substituents is 1. The molecule has 0 spiro atoms. The number of primary amides is 1. The van der Waals surface area contributed by atoms with Gasteiger partial charge >= 0.3 is 0 Å². The number of aromatic nitrogens is 3. The summed E-state index contributed by atoms with van der Waals surface area (Å²) in [6.45, 7) is 0.00911. The Balaban J connectivity index is 1.27. The van der Waals surface area contributed by atoms with Crippen LogP contribution in [0.25, 0.3) is 17.1 Å². The lowest BCUT2D eigenvalue weighted by atomic mass is 9.98. The van der Waals surface area contributed by atoms with Crippen molar-refractivity contribution in [1.29, 1.82) is 0 Å². The van der Waals surface area contributed by atoms with E-state index in [4.69, 9.17) is 5.73 Å². The number of nitro benzene ring substituents is 2. The molecule has 1 fully saturated rings. The summed E-state index contributed by atoms with van der Waals surface area (Å²) in [6.07, 6.45) is 1.70. The van der Waals surface area contributed by atoms with E-state index in [0.29, 0.717) is 16.5 Å². The molecule has 2 heterocycles. The fourth-order valence-corrected chi connectivity index (χ4v) is 8.06. The van der Waals surface area contributed by atoms with Gasteiger partial charge < -0.3 is 5.73 Å². The first-order valence-corrected chi connectivity index (χ1v) is 17.7. The summed E-state index contributed by atoms with van der Waals surface area (Å²) in [5, 5.41) is 37.0. The van der Waals surface area contributed by atoms with Crippen molar-refractivity contribution >= 4 is 51.0 Å². The van der Waals surface area contributed by atoms with Crippen molar-refractivity contribution in [2.24, 2.45) is 16.8 Å². The molecule has 0 saturated carbocycles. The molecule has 1 aliphatic heterocycles. The number of nitrogens with one attached hydrogen (secondary N) is 1. The number of piperidine rings is 1. The average molecular weight is 728 g/mol. The van der Waals surface area contributed by atoms with Crippen molar-refractivity contribution in [1.82, 2.24) is 19.1 Å². The lowest BCUT2D eigenvalue weighted by Crippen LogP contribution is -2.41. The van der Waals surface area contributed by atoms with Gasteiger partial charge in [-0.25, -0.2) is 8.42 Å². The number of nitrogens with zero attached hydrogens (tertiary/aromatic N) is 7. The molecule has 0 aliphatic carbocycles. The minimum Gasteiger partial charge on any atom is -0.369 e. The number of rotatable bonds is 12. The molecule has 0 unspecified atom stereocenters. The molecule has 0 atom stereocenters. The molecule has 4 aromatic carbocycles. The van der Waals surface area contributed by atoms with Crippen LogP contribution in [0.5, 0.6) is 0 Å². The third-order valence-electron chi connectivity index (χ3n) is 8.11. The summed E-state index contributed by atoms with van der Waals surface area (Å²) < 4.78 is 30.2. The summed E-state index contributed by atoms with van der Waals surface area (Å²) in [4.78, 5) is 34.0. The van der Waals surface area contributed by atoms with Crippen LogP contribution in [-0.2, 0) is 14.8 Å². The molecule has 3 N–H and O–H groups in total. The molecule has 51 heavy (non-hydrogen) atoms. The fraction of sp³-hybridized carbons (Fsp3) is 0.152. The SMILES string of the molecule is NC(=O)C1CCN(S(=O)(=O)c2cc([N+](=O)[O-])ccc2N/N=C\c2ccc(Sc3nnc(-c4ccccc4)n3-c3ccccc3)c([N+](=O)[O-])c2)CC1. The second kappa shape index (κ2) is 14.9. The summed E-state index contributed by atoms with van der Waals surface area (Å²) in [5.74, 6) is -0.421. The van der Waals surface area contributed by atoms with Crippen LogP contribution >= 0.6 is 11.8 Å². The number of benzene rings is 4. The number of sulfonamides is 1. The molecule has 1 aromatic heterocycles. The second-order valence-electron chi connectivity index (χ2n) is 11.3. The Kier molecular flexibility index (Phi) is 10.2. The molecular weight excluding hydrogens is 699 g/mol. The van der Waals surface area contributed by atoms with Gasteiger partial charge in [0.25, 0.3) is 11.4 Å². The topological polar surface area (TPSA) is 222 Å². The van der Waals surface area contributed by atoms with Crippen molar-refractivity contribution in [3.05, 3.63) is 123 Å². The van der Waals surface area contributed by atoms with E-state index >= 15 is 0 Å². The number of anilines is 1. The van der Waals surface area contributed by atoms with Crippen molar-refractivity contribution in [3.8, 4) is 17.1 Å². The molecule has 6 rings (SSSR count). The van der Waals surface area contributed by atoms with Crippen LogP contribution in [-0.4, -0.2) is 62.5 Å². The van der Waals surface area contributed by atoms with Gasteiger partial charge in [-0.1, -0.05) is 54.6 Å². The van der Waals surface area contributed by atoms with Crippen LogP contribution in [0.15, 0.2) is 117 Å². The number of carbonyl (C=O) groups is 1. The zero-order valence-corrected chi connectivity index (χ0v) is 28.2. The monoisotopic (exact) mass is 727 g/mol. The van der Waals surface area contributed by atoms with E-state index in [1.807, 2.05) is 65.2 Å². The fourth-order valence-electron chi connectivity index (χ4n) is 5.49. The van der Waals surface area contributed by atoms with Gasteiger partial charge in [-0.2, -0.15) is 9.41 Å². The highest BCUT2D eigenvalue weighted by Crippen LogP contribution is 2.37. The molecular formula is C33H29N9O7S2. The third kappa shape index (κ3) is 7.62. The number of para-hydroxylation sites is 1. The largest absolute Gasteiger partial charge is 0.369 e. The second-order valence-corrected chi connectivity index (χ2v) is 14.2. The Hall–Kier alpha value is -5.98. The van der Waals surface area contributed by atoms with Gasteiger partial charge in [0.2, 0.25) is 21.1 Å². The number of hydrogen-bond donors (Lipinski definition) is 2. The predicted molar refractivity (Wildman–Crippen MR) is 189 cm³/mol. The summed E-state index contributed by atoms with van der Waals surface area (Å²) in [5.41, 5.74) is 9.16. The van der Waals surface area contributed by atoms with Gasteiger partial charge in [-0.15, -0.1) is 10.2 Å². The molecule has 1 amide bonds. The number of carbonyl (C=O) groups excluding carboxylic acids is 1. The Labute approximate surface area is 295 Å². The van der Waals surface area contributed by atoms with E-state index in [1.165, 1.54) is 18.3 Å². The highest BCUT2D eigenvalue weighted by atomic mass is 32.2. The minimum atomic E-state index is -4.25. The van der Waals surface area contributed by atoms with Crippen molar-refractivity contribution in [3.63, 3.8) is 0 Å². The standard InChI is InChI=1S/C33H29N9O7S2/c34-31(43)23-15-17-39(18-16-23)51(48,49)30-20-26(41(44)45)12-13-27(30)36-35-21-22-11-14-29(28(19-22)42(46)47)50-33-38-37-32(24-7-3-1-4-8-24)40(33)25-9-5-2-6-10-25/h1-14,19-21,23,36H,15-18H2,(H2,34,43)/b35-21-. The Bertz CT molecular complexity index is 2240. The van der Waals surface area contributed by atoms with Gasteiger partial charge in [-0.3, -0.25) is 35.0 Å². The molecule has 0 bridgehead atoms. The van der Waals surface area contributed by atoms with Gasteiger partial charge in [0.15, 0.2) is 5.82 Å². The highest BCUT2D eigenvalue weighted by Gasteiger charge is 2.34. The number of nitrogens with two attached hydrogens (primary N) is 1. The van der Waals surface area contributed by atoms with Crippen LogP contribution < -0.4 is 11.2 Å². The van der Waals surface area contributed by atoms with Crippen molar-refractivity contribution in [2.45, 2.75) is 27.8 Å². The first kappa shape index (κ1) is 34.9. The average Bonchev–Trinajstić information content (AvgIpc) is 3.56. The minimum absolute atomic E-state index is 0.00456. The maximum atomic E-state index is 13.6. The van der Waals surface area contributed by atoms with E-state index in [2.05, 4.69) is 20.7 Å². The predicted octanol–water partition coefficient (Wildman–Crippen LogP) is 5.23. The zero-order chi connectivity index (χ0) is 36.1. The van der Waals surface area contributed by atoms with E-state index < -0.39 is 37.4 Å². The molecule has 0 radical (unpaired) electrons. The quantitative estimate of drug-likeness (QED) is 0.0961. The zero-order valence-electron chi connectivity index (χ0n) is 26.6. The van der Waals surface area contributed by atoms with Crippen molar-refractivity contribution < 1.29 is 23.1 Å². The van der Waals surface area contributed by atoms with Crippen LogP contribution in [0.3, 0.4) is 0 Å². The Morgan fingerprint density at radius 2 is 1.61 bits per heavy atom. The third-order valence-corrected chi connectivity index (χ3v) is 11.1. The molecule has 1 aliphatic rings. The Morgan fingerprint density at radius 1 is 0.922 bits per heavy atom. The summed E-state index contributed by atoms with van der Waals surface area (Å²) in [6, 6.07) is 26.5. The number of nitro groups is 2. The summed E-state index contributed by atoms with van der Waals surface area (Å²) in [7, 11) is -4.25. The first-order chi connectivity index (χ1) is 24.5. The van der Waals surface area contributed by atoms with E-state index in [1.54, 1.807) is 12.1 Å². The van der Waals surface area contributed by atoms with Gasteiger partial charge in [-0.05, 0) is 48.9 Å². The molecule has 16 nitrogen and oxygen atoms in total. The van der Waals surface area contributed by atoms with Crippen LogP contribution in [0.4, 0.5) is 17.1 Å². The van der Waals surface area contributed by atoms with E-state index in [9.17, 15) is 33.4 Å². The lowest BCUT2D eigenvalue weighted by Gasteiger charge is -2.30. The molecule has 18 heteroatoms. The highest BCUT2D eigenvalue weighted by molar-refractivity contribution is 7.99. The van der Waals surface area contributed by atoms with E-state index in [-0.39, 0.29) is 47.1 Å². The van der Waals surface area contributed by atoms with Gasteiger partial charge in [0.1, 0.15) is 4.90 Å². The van der Waals surface area contributed by atoms with Gasteiger partial charge in [0, 0.05) is 54.0 Å². The van der Waals surface area contributed by atoms with E-state index in [0.717, 1.165) is 39.5 Å². The maximum absolute atomic E-state index is 13.6. The number of amides is 1. The smallest absolute Gasteiger partial charge is 0.283 e. The number of hydrazone groups is 1. The lowest BCUT2D eigenvalue weighted by molar-refractivity contribution is -0.387. The number of hydrogen-bond acceptors (Lipinski definition) is 12. The van der Waals surface area contributed by atoms with Crippen molar-refractivity contribution in [2.75, 3.05) is 18.5 Å². The molecule has 260 valence electrons.